The van der Waals surface area contributed by atoms with Crippen molar-refractivity contribution >= 4 is 17.4 Å². The lowest BCUT2D eigenvalue weighted by molar-refractivity contribution is -0.140. The Labute approximate surface area is 216 Å². The number of carbonyl (C=O) groups is 2. The predicted molar refractivity (Wildman–Crippen MR) is 140 cm³/mol. The van der Waals surface area contributed by atoms with Crippen LogP contribution in [0.3, 0.4) is 0 Å². The van der Waals surface area contributed by atoms with Crippen LogP contribution in [-0.4, -0.2) is 49.1 Å². The Hall–Kier alpha value is -4.10. The number of carbonyl (C=O) groups excluding carboxylic acids is 2. The Morgan fingerprint density at radius 2 is 1.70 bits per heavy atom. The summed E-state index contributed by atoms with van der Waals surface area (Å²) in [4.78, 5) is 27.7. The van der Waals surface area contributed by atoms with Crippen molar-refractivity contribution in [3.63, 3.8) is 0 Å². The van der Waals surface area contributed by atoms with Crippen LogP contribution in [0, 0.1) is 6.92 Å². The summed E-state index contributed by atoms with van der Waals surface area (Å²) >= 11 is 0. The van der Waals surface area contributed by atoms with E-state index >= 15 is 0 Å². The smallest absolute Gasteiger partial charge is 0.295 e. The fourth-order valence-electron chi connectivity index (χ4n) is 4.48. The highest BCUT2D eigenvalue weighted by Crippen LogP contribution is 2.40. The van der Waals surface area contributed by atoms with E-state index < -0.39 is 17.7 Å². The van der Waals surface area contributed by atoms with Gasteiger partial charge in [-0.3, -0.25) is 9.59 Å². The van der Waals surface area contributed by atoms with Crippen molar-refractivity contribution in [2.24, 2.45) is 0 Å². The third-order valence-electron chi connectivity index (χ3n) is 6.31. The number of ether oxygens (including phenoxy) is 3. The van der Waals surface area contributed by atoms with Crippen LogP contribution in [0.15, 0.2) is 78.4 Å². The van der Waals surface area contributed by atoms with E-state index in [0.29, 0.717) is 48.8 Å². The minimum absolute atomic E-state index is 0.0455. The van der Waals surface area contributed by atoms with Gasteiger partial charge in [-0.25, -0.2) is 0 Å². The summed E-state index contributed by atoms with van der Waals surface area (Å²) in [6, 6.07) is 21.3. The van der Waals surface area contributed by atoms with E-state index in [1.807, 2.05) is 31.2 Å². The van der Waals surface area contributed by atoms with E-state index in [0.717, 1.165) is 11.1 Å². The summed E-state index contributed by atoms with van der Waals surface area (Å²) in [7, 11) is 3.14. The molecule has 0 aromatic heterocycles. The van der Waals surface area contributed by atoms with E-state index in [9.17, 15) is 14.7 Å². The molecule has 1 aliphatic rings. The molecule has 0 spiro atoms. The maximum absolute atomic E-state index is 13.2. The molecule has 1 saturated heterocycles. The van der Waals surface area contributed by atoms with Crippen LogP contribution in [0.2, 0.25) is 0 Å². The fourth-order valence-corrected chi connectivity index (χ4v) is 4.48. The number of nitrogens with zero attached hydrogens (tertiary/aromatic N) is 1. The number of methoxy groups -OCH3 is 2. The van der Waals surface area contributed by atoms with Crippen molar-refractivity contribution in [3.05, 3.63) is 101 Å². The van der Waals surface area contributed by atoms with Gasteiger partial charge < -0.3 is 24.2 Å². The molecule has 1 aliphatic heterocycles. The molecule has 7 heteroatoms. The molecule has 7 nitrogen and oxygen atoms in total. The number of benzene rings is 3. The summed E-state index contributed by atoms with van der Waals surface area (Å²) in [5, 5.41) is 11.3. The van der Waals surface area contributed by atoms with Crippen molar-refractivity contribution in [2.75, 3.05) is 27.4 Å². The maximum atomic E-state index is 13.2. The number of aryl methyl sites for hydroxylation is 1. The minimum Gasteiger partial charge on any atom is -0.507 e. The molecule has 4 rings (SSSR count). The number of hydrogen-bond acceptors (Lipinski definition) is 6. The molecule has 1 fully saturated rings. The topological polar surface area (TPSA) is 85.3 Å². The molecular formula is C30H31NO6. The molecule has 0 bridgehead atoms. The molecule has 1 N–H and O–H groups in total. The van der Waals surface area contributed by atoms with Crippen LogP contribution >= 0.6 is 0 Å². The molecule has 0 saturated carbocycles. The summed E-state index contributed by atoms with van der Waals surface area (Å²) in [6.45, 7) is 3.19. The molecule has 1 amide bonds. The summed E-state index contributed by atoms with van der Waals surface area (Å²) in [5.74, 6) is -0.380. The average molecular weight is 502 g/mol. The molecule has 0 aliphatic carbocycles. The highest BCUT2D eigenvalue weighted by Gasteiger charge is 2.45. The van der Waals surface area contributed by atoms with Crippen LogP contribution < -0.4 is 9.47 Å². The minimum atomic E-state index is -0.746. The van der Waals surface area contributed by atoms with Gasteiger partial charge in [-0.05, 0) is 60.9 Å². The van der Waals surface area contributed by atoms with E-state index in [-0.39, 0.29) is 11.3 Å². The van der Waals surface area contributed by atoms with Crippen LogP contribution in [0.25, 0.3) is 5.76 Å². The molecule has 1 atom stereocenters. The first-order chi connectivity index (χ1) is 17.9. The number of amides is 1. The highest BCUT2D eigenvalue weighted by atomic mass is 16.5. The number of ketones is 1. The van der Waals surface area contributed by atoms with Gasteiger partial charge in [0.2, 0.25) is 0 Å². The second-order valence-electron chi connectivity index (χ2n) is 8.92. The van der Waals surface area contributed by atoms with Crippen LogP contribution in [0.1, 0.15) is 34.7 Å². The van der Waals surface area contributed by atoms with Crippen LogP contribution in [0.4, 0.5) is 0 Å². The van der Waals surface area contributed by atoms with Crippen LogP contribution in [-0.2, 0) is 20.9 Å². The monoisotopic (exact) mass is 501 g/mol. The van der Waals surface area contributed by atoms with Gasteiger partial charge in [-0.15, -0.1) is 0 Å². The first kappa shape index (κ1) is 26.0. The standard InChI is InChI=1S/C30H31NO6/c1-20-7-4-8-21(17-20)19-37-24-13-11-22(12-14-24)28(32)26-27(23-9-5-10-25(18-23)36-3)31(15-6-16-35-2)30(34)29(26)33/h4-5,7-14,17-18,27,32H,6,15-16,19H2,1-3H3/b28-26-. The first-order valence-corrected chi connectivity index (χ1v) is 12.1. The zero-order valence-electron chi connectivity index (χ0n) is 21.3. The number of likely N-dealkylation sites (tertiary alicyclic amines) is 1. The third kappa shape index (κ3) is 5.84. The van der Waals surface area contributed by atoms with Crippen LogP contribution in [0.5, 0.6) is 11.5 Å². The number of hydrogen-bond donors (Lipinski definition) is 1. The molecule has 0 radical (unpaired) electrons. The second-order valence-corrected chi connectivity index (χ2v) is 8.92. The Morgan fingerprint density at radius 3 is 2.41 bits per heavy atom. The van der Waals surface area contributed by atoms with Crippen molar-refractivity contribution in [3.8, 4) is 11.5 Å². The molecule has 37 heavy (non-hydrogen) atoms. The summed E-state index contributed by atoms with van der Waals surface area (Å²) in [5.41, 5.74) is 3.36. The molecule has 1 unspecified atom stereocenters. The zero-order valence-corrected chi connectivity index (χ0v) is 21.3. The summed E-state index contributed by atoms with van der Waals surface area (Å²) < 4.78 is 16.4. The molecular weight excluding hydrogens is 470 g/mol. The zero-order chi connectivity index (χ0) is 26.4. The first-order valence-electron chi connectivity index (χ1n) is 12.1. The van der Waals surface area contributed by atoms with Crippen molar-refractivity contribution in [1.29, 1.82) is 0 Å². The number of aliphatic hydroxyl groups excluding tert-OH is 1. The molecule has 3 aromatic carbocycles. The maximum Gasteiger partial charge on any atom is 0.295 e. The quantitative estimate of drug-likeness (QED) is 0.181. The normalized spacial score (nSPS) is 16.7. The van der Waals surface area contributed by atoms with Gasteiger partial charge in [-0.1, -0.05) is 42.0 Å². The summed E-state index contributed by atoms with van der Waals surface area (Å²) in [6.07, 6.45) is 0.553. The Morgan fingerprint density at radius 1 is 0.946 bits per heavy atom. The lowest BCUT2D eigenvalue weighted by Gasteiger charge is -2.25. The molecule has 3 aromatic rings. The molecule has 1 heterocycles. The van der Waals surface area contributed by atoms with Crippen molar-refractivity contribution < 1.29 is 28.9 Å². The van der Waals surface area contributed by atoms with Gasteiger partial charge in [-0.2, -0.15) is 0 Å². The average Bonchev–Trinajstić information content (AvgIpc) is 3.17. The largest absolute Gasteiger partial charge is 0.507 e. The van der Waals surface area contributed by atoms with Gasteiger partial charge in [0, 0.05) is 25.8 Å². The van der Waals surface area contributed by atoms with Crippen molar-refractivity contribution in [1.82, 2.24) is 4.90 Å². The van der Waals surface area contributed by atoms with Crippen molar-refractivity contribution in [2.45, 2.75) is 26.0 Å². The second kappa shape index (κ2) is 11.8. The lowest BCUT2D eigenvalue weighted by Crippen LogP contribution is -2.31. The SMILES string of the molecule is COCCCN1C(=O)C(=O)/C(=C(\O)c2ccc(OCc3cccc(C)c3)cc2)C1c1cccc(OC)c1. The predicted octanol–water partition coefficient (Wildman–Crippen LogP) is 5.04. The van der Waals surface area contributed by atoms with E-state index in [2.05, 4.69) is 6.07 Å². The van der Waals surface area contributed by atoms with E-state index in [1.54, 1.807) is 56.7 Å². The highest BCUT2D eigenvalue weighted by molar-refractivity contribution is 6.46. The fraction of sp³-hybridized carbons (Fsp3) is 0.267. The van der Waals surface area contributed by atoms with Gasteiger partial charge in [0.1, 0.15) is 23.9 Å². The lowest BCUT2D eigenvalue weighted by atomic mass is 9.95. The van der Waals surface area contributed by atoms with E-state index in [1.165, 1.54) is 4.90 Å². The molecule has 192 valence electrons. The van der Waals surface area contributed by atoms with Gasteiger partial charge in [0.05, 0.1) is 18.7 Å². The number of aliphatic hydroxyl groups is 1. The number of Topliss-reactive ketones (excluding diaryl/α,β-unsaturated/α-hetero) is 1. The Kier molecular flexibility index (Phi) is 8.25. The Bertz CT molecular complexity index is 1300. The van der Waals surface area contributed by atoms with E-state index in [4.69, 9.17) is 14.2 Å². The Balaban J connectivity index is 1.64. The third-order valence-corrected chi connectivity index (χ3v) is 6.31. The van der Waals surface area contributed by atoms with Gasteiger partial charge >= 0.3 is 0 Å². The number of rotatable bonds is 10. The van der Waals surface area contributed by atoms with Gasteiger partial charge in [0.25, 0.3) is 11.7 Å². The van der Waals surface area contributed by atoms with Gasteiger partial charge in [0.15, 0.2) is 0 Å².